The number of rotatable bonds is 10. The average Bonchev–Trinajstić information content (AvgIpc) is 4.10. The van der Waals surface area contributed by atoms with Crippen LogP contribution in [0.3, 0.4) is 0 Å². The molecule has 4 atom stereocenters. The number of alkyl carbamates (subject to hydrolysis) is 2. The monoisotopic (exact) mass is 819 g/mol. The number of nitrogens with one attached hydrogen (secondary N) is 3. The summed E-state index contributed by atoms with van der Waals surface area (Å²) in [5, 5.41) is 5.42. The van der Waals surface area contributed by atoms with E-state index in [1.807, 2.05) is 50.9 Å². The van der Waals surface area contributed by atoms with Crippen LogP contribution in [-0.4, -0.2) is 108 Å². The number of imidazole rings is 1. The maximum absolute atomic E-state index is 13.7. The van der Waals surface area contributed by atoms with Crippen LogP contribution in [-0.2, 0) is 19.1 Å². The molecule has 0 spiro atoms. The lowest BCUT2D eigenvalue weighted by atomic mass is 9.88. The fraction of sp³-hybridized carbons (Fsp3) is 0.467. The van der Waals surface area contributed by atoms with Crippen molar-refractivity contribution in [3.05, 3.63) is 71.3 Å². The van der Waals surface area contributed by atoms with Crippen molar-refractivity contribution < 1.29 is 38.1 Å². The second-order valence-corrected chi connectivity index (χ2v) is 16.7. The zero-order valence-corrected chi connectivity index (χ0v) is 35.0. The molecule has 60 heavy (non-hydrogen) atoms. The van der Waals surface area contributed by atoms with Crippen LogP contribution < -0.4 is 20.1 Å². The second kappa shape index (κ2) is 16.9. The van der Waals surface area contributed by atoms with Gasteiger partial charge >= 0.3 is 12.2 Å². The van der Waals surface area contributed by atoms with Crippen LogP contribution in [0.1, 0.15) is 88.4 Å². The minimum Gasteiger partial charge on any atom is -0.488 e. The number of fused-ring (bicyclic) bond motifs is 4. The number of allylic oxidation sites excluding steroid dienone is 1. The van der Waals surface area contributed by atoms with E-state index < -0.39 is 24.3 Å². The Morgan fingerprint density at radius 1 is 0.767 bits per heavy atom. The average molecular weight is 820 g/mol. The van der Waals surface area contributed by atoms with E-state index in [4.69, 9.17) is 28.9 Å². The summed E-state index contributed by atoms with van der Waals surface area (Å²) in [6, 6.07) is 10.6. The first-order valence-electron chi connectivity index (χ1n) is 20.8. The van der Waals surface area contributed by atoms with Crippen molar-refractivity contribution in [2.75, 3.05) is 40.5 Å². The van der Waals surface area contributed by atoms with Gasteiger partial charge in [-0.05, 0) is 60.8 Å². The number of hydrogen-bond acceptors (Lipinski definition) is 10. The predicted molar refractivity (Wildman–Crippen MR) is 225 cm³/mol. The maximum Gasteiger partial charge on any atom is 0.407 e. The number of amides is 4. The molecule has 15 nitrogen and oxygen atoms in total. The number of benzene rings is 2. The number of H-pyrrole nitrogens is 1. The van der Waals surface area contributed by atoms with Gasteiger partial charge in [0.25, 0.3) is 0 Å². The quantitative estimate of drug-likeness (QED) is 0.210. The number of aliphatic imine (C=N–C) groups is 1. The lowest BCUT2D eigenvalue weighted by Crippen LogP contribution is -2.53. The summed E-state index contributed by atoms with van der Waals surface area (Å²) in [6.07, 6.45) is 6.36. The first-order chi connectivity index (χ1) is 28.9. The molecule has 15 heteroatoms. The van der Waals surface area contributed by atoms with Crippen molar-refractivity contribution in [1.29, 1.82) is 0 Å². The molecule has 5 aliphatic rings. The van der Waals surface area contributed by atoms with Crippen LogP contribution in [0, 0.1) is 11.8 Å². The van der Waals surface area contributed by atoms with E-state index in [0.29, 0.717) is 38.5 Å². The molecule has 3 N–H and O–H groups in total. The molecule has 0 bridgehead atoms. The zero-order chi connectivity index (χ0) is 42.2. The number of nitrogens with zero attached hydrogens (tertiary/aromatic N) is 4. The maximum atomic E-state index is 13.7. The highest BCUT2D eigenvalue weighted by Gasteiger charge is 2.40. The zero-order valence-electron chi connectivity index (χ0n) is 35.0. The SMILES string of the molecule is COC(=O)NC(C(=O)N1CCC[C@H]1C1=NC=C(c2ccc3c(c2)OCC2=C3COc3cc(-c4cnc(C5CCCN5C(=O)[C@@H](NC(=O)OC)C(C)C)[nH]4)ccc32)C1)C(C)C. The van der Waals surface area contributed by atoms with E-state index in [-0.39, 0.29) is 35.7 Å². The molecule has 2 aromatic carbocycles. The van der Waals surface area contributed by atoms with Gasteiger partial charge in [-0.1, -0.05) is 52.0 Å². The third-order valence-corrected chi connectivity index (χ3v) is 12.3. The molecule has 0 saturated carbocycles. The Morgan fingerprint density at radius 2 is 1.30 bits per heavy atom. The normalized spacial score (nSPS) is 20.3. The number of aromatic amines is 1. The molecule has 3 aromatic rings. The lowest BCUT2D eigenvalue weighted by Gasteiger charge is -2.31. The highest BCUT2D eigenvalue weighted by atomic mass is 16.5. The van der Waals surface area contributed by atoms with Crippen LogP contribution >= 0.6 is 0 Å². The van der Waals surface area contributed by atoms with Gasteiger partial charge in [0.15, 0.2) is 0 Å². The Kier molecular flexibility index (Phi) is 11.4. The Balaban J connectivity index is 0.944. The summed E-state index contributed by atoms with van der Waals surface area (Å²) in [6.45, 7) is 9.62. The first-order valence-corrected chi connectivity index (χ1v) is 20.8. The number of carbonyl (C=O) groups is 4. The Bertz CT molecular complexity index is 2290. The molecular weight excluding hydrogens is 767 g/mol. The lowest BCUT2D eigenvalue weighted by molar-refractivity contribution is -0.135. The fourth-order valence-electron chi connectivity index (χ4n) is 9.03. The number of methoxy groups -OCH3 is 2. The smallest absolute Gasteiger partial charge is 0.407 e. The van der Waals surface area contributed by atoms with Crippen molar-refractivity contribution in [2.24, 2.45) is 16.8 Å². The van der Waals surface area contributed by atoms with Crippen LogP contribution in [0.15, 0.2) is 53.8 Å². The van der Waals surface area contributed by atoms with Crippen molar-refractivity contribution in [3.8, 4) is 22.8 Å². The Hall–Kier alpha value is -6.12. The van der Waals surface area contributed by atoms with Gasteiger partial charge in [0, 0.05) is 59.3 Å². The Labute approximate surface area is 349 Å². The van der Waals surface area contributed by atoms with Gasteiger partial charge in [0.2, 0.25) is 11.8 Å². The van der Waals surface area contributed by atoms with E-state index in [2.05, 4.69) is 39.9 Å². The van der Waals surface area contributed by atoms with Crippen LogP contribution in [0.4, 0.5) is 9.59 Å². The molecule has 316 valence electrons. The molecule has 1 aromatic heterocycles. The van der Waals surface area contributed by atoms with E-state index in [1.54, 1.807) is 11.1 Å². The van der Waals surface area contributed by atoms with Crippen molar-refractivity contribution in [3.63, 3.8) is 0 Å². The first kappa shape index (κ1) is 40.7. The predicted octanol–water partition coefficient (Wildman–Crippen LogP) is 6.37. The van der Waals surface area contributed by atoms with Crippen LogP contribution in [0.5, 0.6) is 11.5 Å². The summed E-state index contributed by atoms with van der Waals surface area (Å²) in [4.78, 5) is 68.0. The van der Waals surface area contributed by atoms with Gasteiger partial charge in [0.1, 0.15) is 42.6 Å². The summed E-state index contributed by atoms with van der Waals surface area (Å²) >= 11 is 0. The summed E-state index contributed by atoms with van der Waals surface area (Å²) < 4.78 is 22.4. The molecule has 0 aliphatic carbocycles. The molecule has 2 unspecified atom stereocenters. The number of ether oxygens (including phenoxy) is 4. The van der Waals surface area contributed by atoms with E-state index in [9.17, 15) is 19.2 Å². The van der Waals surface area contributed by atoms with Crippen LogP contribution in [0.2, 0.25) is 0 Å². The van der Waals surface area contributed by atoms with Gasteiger partial charge in [-0.25, -0.2) is 14.6 Å². The fourth-order valence-corrected chi connectivity index (χ4v) is 9.03. The number of likely N-dealkylation sites (tertiary alicyclic amines) is 2. The molecule has 4 amide bonds. The third-order valence-electron chi connectivity index (χ3n) is 12.3. The summed E-state index contributed by atoms with van der Waals surface area (Å²) in [7, 11) is 2.59. The minimum absolute atomic E-state index is 0.0993. The third kappa shape index (κ3) is 7.72. The molecular formula is C45H53N7O8. The van der Waals surface area contributed by atoms with E-state index in [0.717, 1.165) is 87.6 Å². The number of aromatic nitrogens is 2. The van der Waals surface area contributed by atoms with Gasteiger partial charge < -0.3 is 44.4 Å². The van der Waals surface area contributed by atoms with E-state index in [1.165, 1.54) is 14.2 Å². The van der Waals surface area contributed by atoms with Crippen molar-refractivity contribution in [2.45, 2.75) is 84.0 Å². The summed E-state index contributed by atoms with van der Waals surface area (Å²) in [5.74, 6) is 1.78. The largest absolute Gasteiger partial charge is 0.488 e. The Morgan fingerprint density at radius 3 is 1.87 bits per heavy atom. The van der Waals surface area contributed by atoms with Gasteiger partial charge in [0.05, 0.1) is 38.2 Å². The minimum atomic E-state index is -0.702. The second-order valence-electron chi connectivity index (χ2n) is 16.7. The molecule has 2 saturated heterocycles. The summed E-state index contributed by atoms with van der Waals surface area (Å²) in [5.41, 5.74) is 8.91. The molecule has 2 fully saturated rings. The number of hydrogen-bond donors (Lipinski definition) is 3. The highest BCUT2D eigenvalue weighted by Crippen LogP contribution is 2.45. The van der Waals surface area contributed by atoms with Crippen molar-refractivity contribution >= 4 is 46.4 Å². The van der Waals surface area contributed by atoms with Gasteiger partial charge in [-0.15, -0.1) is 0 Å². The molecule has 8 rings (SSSR count). The molecule has 5 aliphatic heterocycles. The van der Waals surface area contributed by atoms with Gasteiger partial charge in [-0.2, -0.15) is 0 Å². The van der Waals surface area contributed by atoms with Gasteiger partial charge in [-0.3, -0.25) is 14.6 Å². The van der Waals surface area contributed by atoms with Crippen LogP contribution in [0.25, 0.3) is 28.0 Å². The molecule has 6 heterocycles. The number of carbonyl (C=O) groups excluding carboxylic acids is 4. The molecule has 0 radical (unpaired) electrons. The van der Waals surface area contributed by atoms with E-state index >= 15 is 0 Å². The standard InChI is InChI=1S/C45H53N7O8/c1-24(2)39(49-44(55)57-5)42(53)51-15-7-9-35(51)33-17-28(20-46-33)26-11-13-29-31-23-60-38-19-27(12-14-30(38)32(31)22-59-37(29)18-26)34-21-47-41(48-34)36-10-8-16-52(36)43(54)40(25(3)4)50-45(56)58-6/h11-14,18-21,24-25,35-36,39-40H,7-10,15-17,22-23H2,1-6H3,(H,47,48)(H,49,55)(H,50,56)/t35-,36?,39?,40-/m0/s1. The van der Waals surface area contributed by atoms with Crippen molar-refractivity contribution in [1.82, 2.24) is 30.4 Å². The highest BCUT2D eigenvalue weighted by molar-refractivity contribution is 6.04. The topological polar surface area (TPSA) is 177 Å².